The number of hydrogen-bond donors (Lipinski definition) is 1. The summed E-state index contributed by atoms with van der Waals surface area (Å²) in [5, 5.41) is 4.06. The monoisotopic (exact) mass is 274 g/mol. The van der Waals surface area contributed by atoms with Gasteiger partial charge in [0, 0.05) is 18.8 Å². The summed E-state index contributed by atoms with van der Waals surface area (Å²) in [5.41, 5.74) is 0.374. The van der Waals surface area contributed by atoms with Crippen LogP contribution in [-0.4, -0.2) is 19.7 Å². The summed E-state index contributed by atoms with van der Waals surface area (Å²) in [4.78, 5) is 5.93. The Kier molecular flexibility index (Phi) is 2.97. The van der Waals surface area contributed by atoms with Gasteiger partial charge in [0.15, 0.2) is 4.77 Å². The number of H-pyrrole nitrogens is 1. The Morgan fingerprint density at radius 2 is 2.06 bits per heavy atom. The van der Waals surface area contributed by atoms with E-state index < -0.39 is 11.9 Å². The van der Waals surface area contributed by atoms with Crippen LogP contribution in [0.15, 0.2) is 12.3 Å². The second-order valence-corrected chi connectivity index (χ2v) is 4.17. The number of alkyl halides is 3. The first kappa shape index (κ1) is 12.7. The lowest BCUT2D eigenvalue weighted by Crippen LogP contribution is -2.09. The van der Waals surface area contributed by atoms with Crippen LogP contribution in [0.1, 0.15) is 11.4 Å². The molecule has 96 valence electrons. The molecule has 0 aliphatic rings. The summed E-state index contributed by atoms with van der Waals surface area (Å²) in [6.45, 7) is 1.70. The number of rotatable bonds is 1. The summed E-state index contributed by atoms with van der Waals surface area (Å²) in [6, 6.07) is 0.930. The largest absolute Gasteiger partial charge is 0.431 e. The number of nitrogens with one attached hydrogen (secondary N) is 1. The van der Waals surface area contributed by atoms with Crippen LogP contribution in [0.2, 0.25) is 0 Å². The number of aromatic amines is 1. The van der Waals surface area contributed by atoms with E-state index in [1.807, 2.05) is 4.98 Å². The Hall–Kier alpha value is -1.70. The van der Waals surface area contributed by atoms with Crippen LogP contribution >= 0.6 is 12.2 Å². The van der Waals surface area contributed by atoms with Gasteiger partial charge in [-0.15, -0.1) is 0 Å². The first-order valence-corrected chi connectivity index (χ1v) is 5.37. The third-order valence-corrected chi connectivity index (χ3v) is 2.53. The molecule has 2 rings (SSSR count). The predicted molar refractivity (Wildman–Crippen MR) is 61.4 cm³/mol. The highest BCUT2D eigenvalue weighted by molar-refractivity contribution is 7.71. The summed E-state index contributed by atoms with van der Waals surface area (Å²) in [6.07, 6.45) is -2.88. The van der Waals surface area contributed by atoms with Gasteiger partial charge in [0.1, 0.15) is 5.69 Å². The molecular weight excluding hydrogens is 265 g/mol. The molecule has 0 bridgehead atoms. The second kappa shape index (κ2) is 4.20. The molecule has 2 aromatic rings. The summed E-state index contributed by atoms with van der Waals surface area (Å²) in [5.74, 6) is 0. The molecule has 2 heterocycles. The van der Waals surface area contributed by atoms with E-state index in [9.17, 15) is 13.2 Å². The minimum absolute atomic E-state index is 0.164. The minimum atomic E-state index is -4.48. The lowest BCUT2D eigenvalue weighted by Gasteiger charge is -2.07. The number of halogens is 3. The molecule has 0 saturated heterocycles. The fourth-order valence-corrected chi connectivity index (χ4v) is 1.81. The number of aromatic nitrogens is 4. The van der Waals surface area contributed by atoms with Crippen molar-refractivity contribution >= 4 is 12.2 Å². The maximum atomic E-state index is 12.6. The lowest BCUT2D eigenvalue weighted by atomic mass is 10.1. The molecule has 0 aliphatic carbocycles. The van der Waals surface area contributed by atoms with Crippen LogP contribution in [0.25, 0.3) is 11.3 Å². The average Bonchev–Trinajstić information content (AvgIpc) is 2.55. The minimum Gasteiger partial charge on any atom is -0.327 e. The molecule has 0 spiro atoms. The van der Waals surface area contributed by atoms with Crippen LogP contribution in [0.5, 0.6) is 0 Å². The topological polar surface area (TPSA) is 46.5 Å². The average molecular weight is 274 g/mol. The van der Waals surface area contributed by atoms with Crippen LogP contribution in [0.4, 0.5) is 13.2 Å². The summed E-state index contributed by atoms with van der Waals surface area (Å²) in [7, 11) is 1.69. The number of nitrogens with zero attached hydrogens (tertiary/aromatic N) is 3. The van der Waals surface area contributed by atoms with Crippen molar-refractivity contribution in [2.24, 2.45) is 7.05 Å². The lowest BCUT2D eigenvalue weighted by molar-refractivity contribution is -0.141. The first-order valence-electron chi connectivity index (χ1n) is 4.96. The summed E-state index contributed by atoms with van der Waals surface area (Å²) < 4.78 is 39.2. The van der Waals surface area contributed by atoms with Gasteiger partial charge in [-0.05, 0) is 25.2 Å². The molecule has 2 aromatic heterocycles. The van der Waals surface area contributed by atoms with Gasteiger partial charge in [-0.2, -0.15) is 18.3 Å². The predicted octanol–water partition coefficient (Wildman–Crippen LogP) is 2.87. The SMILES string of the molecule is Cc1nn(C)cc1-c1cc(C(F)(F)F)[nH]c(=S)n1. The van der Waals surface area contributed by atoms with Crippen LogP contribution in [0, 0.1) is 11.7 Å². The quantitative estimate of drug-likeness (QED) is 0.813. The molecule has 0 atom stereocenters. The van der Waals surface area contributed by atoms with Crippen molar-refractivity contribution in [2.45, 2.75) is 13.1 Å². The van der Waals surface area contributed by atoms with Gasteiger partial charge in [-0.3, -0.25) is 4.68 Å². The number of aryl methyl sites for hydroxylation is 2. The normalized spacial score (nSPS) is 11.8. The molecule has 0 saturated carbocycles. The van der Waals surface area contributed by atoms with E-state index in [-0.39, 0.29) is 10.5 Å². The maximum absolute atomic E-state index is 12.6. The van der Waals surface area contributed by atoms with E-state index >= 15 is 0 Å². The van der Waals surface area contributed by atoms with Crippen molar-refractivity contribution in [2.75, 3.05) is 0 Å². The van der Waals surface area contributed by atoms with Crippen molar-refractivity contribution < 1.29 is 13.2 Å². The standard InChI is InChI=1S/C10H9F3N4S/c1-5-6(4-17(2)16-5)7-3-8(10(11,12)13)15-9(18)14-7/h3-4H,1-2H3,(H,14,15,18). The molecule has 0 fully saturated rings. The highest BCUT2D eigenvalue weighted by atomic mass is 32.1. The maximum Gasteiger partial charge on any atom is 0.431 e. The van der Waals surface area contributed by atoms with Crippen molar-refractivity contribution in [1.29, 1.82) is 0 Å². The first-order chi connectivity index (χ1) is 8.27. The van der Waals surface area contributed by atoms with E-state index in [0.29, 0.717) is 11.3 Å². The highest BCUT2D eigenvalue weighted by Crippen LogP contribution is 2.30. The second-order valence-electron chi connectivity index (χ2n) is 3.78. The molecular formula is C10H9F3N4S. The zero-order valence-electron chi connectivity index (χ0n) is 9.54. The molecule has 0 amide bonds. The molecule has 4 nitrogen and oxygen atoms in total. The van der Waals surface area contributed by atoms with Gasteiger partial charge in [0.05, 0.1) is 11.4 Å². The van der Waals surface area contributed by atoms with E-state index in [0.717, 1.165) is 6.07 Å². The zero-order chi connectivity index (χ0) is 13.5. The molecule has 0 unspecified atom stereocenters. The molecule has 18 heavy (non-hydrogen) atoms. The van der Waals surface area contributed by atoms with E-state index in [1.54, 1.807) is 20.2 Å². The third-order valence-electron chi connectivity index (χ3n) is 2.34. The zero-order valence-corrected chi connectivity index (χ0v) is 10.4. The fourth-order valence-electron chi connectivity index (χ4n) is 1.60. The Morgan fingerprint density at radius 1 is 1.39 bits per heavy atom. The molecule has 1 N–H and O–H groups in total. The van der Waals surface area contributed by atoms with Gasteiger partial charge in [0.25, 0.3) is 0 Å². The van der Waals surface area contributed by atoms with Gasteiger partial charge < -0.3 is 4.98 Å². The van der Waals surface area contributed by atoms with Crippen molar-refractivity contribution in [3.8, 4) is 11.3 Å². The summed E-state index contributed by atoms with van der Waals surface area (Å²) >= 11 is 4.71. The van der Waals surface area contributed by atoms with Gasteiger partial charge in [0.2, 0.25) is 0 Å². The Morgan fingerprint density at radius 3 is 2.56 bits per heavy atom. The third kappa shape index (κ3) is 2.42. The molecule has 0 aliphatic heterocycles. The van der Waals surface area contributed by atoms with Crippen LogP contribution in [0.3, 0.4) is 0 Å². The molecule has 0 radical (unpaired) electrons. The van der Waals surface area contributed by atoms with E-state index in [1.165, 1.54) is 4.68 Å². The highest BCUT2D eigenvalue weighted by Gasteiger charge is 2.32. The Labute approximate surface area is 105 Å². The fraction of sp³-hybridized carbons (Fsp3) is 0.300. The smallest absolute Gasteiger partial charge is 0.327 e. The van der Waals surface area contributed by atoms with E-state index in [4.69, 9.17) is 12.2 Å². The van der Waals surface area contributed by atoms with Gasteiger partial charge in [-0.1, -0.05) is 0 Å². The van der Waals surface area contributed by atoms with Crippen molar-refractivity contribution in [3.63, 3.8) is 0 Å². The molecule has 8 heteroatoms. The number of hydrogen-bond acceptors (Lipinski definition) is 3. The molecule has 0 aromatic carbocycles. The van der Waals surface area contributed by atoms with Gasteiger partial charge >= 0.3 is 6.18 Å². The van der Waals surface area contributed by atoms with E-state index in [2.05, 4.69) is 10.1 Å². The van der Waals surface area contributed by atoms with Crippen molar-refractivity contribution in [3.05, 3.63) is 28.4 Å². The van der Waals surface area contributed by atoms with Crippen molar-refractivity contribution in [1.82, 2.24) is 19.7 Å². The Balaban J connectivity index is 2.63. The van der Waals surface area contributed by atoms with Gasteiger partial charge in [-0.25, -0.2) is 4.98 Å². The van der Waals surface area contributed by atoms with Crippen LogP contribution in [-0.2, 0) is 13.2 Å². The van der Waals surface area contributed by atoms with Crippen LogP contribution < -0.4 is 0 Å². The Bertz CT molecular complexity index is 641.